The monoisotopic (exact) mass is 847 g/mol. The third kappa shape index (κ3) is 7.15. The van der Waals surface area contributed by atoms with Gasteiger partial charge in [-0.25, -0.2) is 4.79 Å². The Balaban J connectivity index is 1.25. The zero-order valence-electron chi connectivity index (χ0n) is 30.0. The number of nitrogens with zero attached hydrogens (tertiary/aromatic N) is 3. The first-order valence-electron chi connectivity index (χ1n) is 17.2. The largest absolute Gasteiger partial charge is 0.479 e. The molecule has 8 N–H and O–H groups in total. The van der Waals surface area contributed by atoms with Gasteiger partial charge >= 0.3 is 12.0 Å². The smallest absolute Gasteiger partial charge is 0.337 e. The number of ketones is 2. The molecule has 0 saturated carbocycles. The molecule has 0 fully saturated rings. The lowest BCUT2D eigenvalue weighted by atomic mass is 9.80. The molecule has 0 radical (unpaired) electrons. The van der Waals surface area contributed by atoms with Gasteiger partial charge in [-0.1, -0.05) is 48.5 Å². The summed E-state index contributed by atoms with van der Waals surface area (Å²) in [5.41, 5.74) is -1.62. The van der Waals surface area contributed by atoms with Gasteiger partial charge in [0.05, 0.1) is 38.6 Å². The van der Waals surface area contributed by atoms with Crippen molar-refractivity contribution < 1.29 is 50.5 Å². The maximum atomic E-state index is 14.4. The third-order valence-electron chi connectivity index (χ3n) is 9.28. The fourth-order valence-corrected chi connectivity index (χ4v) is 7.93. The number of hydrogen-bond donors (Lipinski definition) is 8. The van der Waals surface area contributed by atoms with Crippen LogP contribution < -0.4 is 21.5 Å². The highest BCUT2D eigenvalue weighted by Gasteiger charge is 2.34. The highest BCUT2D eigenvalue weighted by atomic mass is 32.2. The quantitative estimate of drug-likeness (QED) is 0.0606. The van der Waals surface area contributed by atoms with E-state index in [1.165, 1.54) is 66.7 Å². The molecule has 21 heteroatoms. The lowest BCUT2D eigenvalue weighted by Crippen LogP contribution is -2.24. The molecule has 0 saturated heterocycles. The van der Waals surface area contributed by atoms with Crippen LogP contribution in [0.1, 0.15) is 42.2 Å². The topological polar surface area (TPSA) is 308 Å². The molecule has 0 spiro atoms. The number of pyridine rings is 1. The van der Waals surface area contributed by atoms with Crippen molar-refractivity contribution in [2.24, 2.45) is 0 Å². The van der Waals surface area contributed by atoms with Crippen LogP contribution in [0.25, 0.3) is 22.0 Å². The fraction of sp³-hybridized carbons (Fsp3) is 0. The Bertz CT molecular complexity index is 3320. The van der Waals surface area contributed by atoms with E-state index in [9.17, 15) is 55.3 Å². The number of aromatic amines is 1. The number of hydrogen-bond acceptors (Lipinski definition) is 15. The summed E-state index contributed by atoms with van der Waals surface area (Å²) >= 11 is 0. The highest BCUT2D eigenvalue weighted by molar-refractivity contribution is 7.86. The van der Waals surface area contributed by atoms with Crippen LogP contribution in [0.2, 0.25) is 0 Å². The molecule has 7 aromatic rings. The second-order valence-corrected chi connectivity index (χ2v) is 15.8. The van der Waals surface area contributed by atoms with E-state index in [-0.39, 0.29) is 78.9 Å². The van der Waals surface area contributed by atoms with Crippen LogP contribution >= 0.6 is 0 Å². The van der Waals surface area contributed by atoms with Crippen LogP contribution in [0, 0.1) is 0 Å². The first kappa shape index (κ1) is 39.0. The minimum absolute atomic E-state index is 0.0142. The van der Waals surface area contributed by atoms with Crippen LogP contribution in [0.4, 0.5) is 34.6 Å². The lowest BCUT2D eigenvalue weighted by molar-refractivity contribution is 0.0697. The minimum atomic E-state index is -4.96. The van der Waals surface area contributed by atoms with Crippen molar-refractivity contribution in [2.75, 3.05) is 16.0 Å². The first-order valence-corrected chi connectivity index (χ1v) is 20.1. The number of aromatic nitrogens is 4. The van der Waals surface area contributed by atoms with Crippen LogP contribution in [0.5, 0.6) is 6.01 Å². The molecule has 2 heterocycles. The van der Waals surface area contributed by atoms with Crippen molar-refractivity contribution in [3.05, 3.63) is 141 Å². The maximum Gasteiger partial charge on any atom is 0.337 e. The Morgan fingerprint density at radius 1 is 0.650 bits per heavy atom. The summed E-state index contributed by atoms with van der Waals surface area (Å²) in [4.78, 5) is 67.1. The number of carboxylic acid groups (broad SMARTS) is 1. The van der Waals surface area contributed by atoms with Gasteiger partial charge in [-0.3, -0.25) is 23.5 Å². The highest BCUT2D eigenvalue weighted by Crippen LogP contribution is 2.44. The summed E-state index contributed by atoms with van der Waals surface area (Å²) < 4.78 is 69.0. The van der Waals surface area contributed by atoms with Crippen LogP contribution in [0.3, 0.4) is 0 Å². The number of fused-ring (bicyclic) bond motifs is 2. The van der Waals surface area contributed by atoms with Gasteiger partial charge in [-0.05, 0) is 60.2 Å². The molecule has 2 aromatic heterocycles. The van der Waals surface area contributed by atoms with E-state index >= 15 is 0 Å². The van der Waals surface area contributed by atoms with E-state index in [1.807, 2.05) is 0 Å². The number of benzene rings is 5. The zero-order chi connectivity index (χ0) is 42.7. The van der Waals surface area contributed by atoms with E-state index < -0.39 is 64.7 Å². The van der Waals surface area contributed by atoms with Gasteiger partial charge in [0.2, 0.25) is 11.9 Å². The third-order valence-corrected chi connectivity index (χ3v) is 11.0. The summed E-state index contributed by atoms with van der Waals surface area (Å²) in [7, 11) is -9.70. The number of carbonyl (C=O) groups is 3. The maximum absolute atomic E-state index is 14.4. The number of para-hydroxylation sites is 1. The summed E-state index contributed by atoms with van der Waals surface area (Å²) in [5.74, 6) is -3.34. The standard InChI is InChI=1S/C39H25N7O12S2/c47-33(18-6-5-7-20(16-18)59(53,54)55)32-29-21-8-1-2-9-22(21)34(48)31-26(14-13-25(30(29)31)42-35(32)49)41-27-17-19(12-15-28(27)60(56,57)58)40-37-44-38(46-39(52)45-37)43-24-11-4-3-10-23(24)36(50)51/h1-17,41H,(H,42,49)(H,50,51)(H,53,54,55)(H,56,57,58)(H3,40,43,44,45,46,52). The normalized spacial score (nSPS) is 12.1. The predicted octanol–water partition coefficient (Wildman–Crippen LogP) is 5.28. The Hall–Kier alpha value is -7.85. The number of nitrogens with one attached hydrogen (secondary N) is 4. The number of rotatable bonds is 11. The van der Waals surface area contributed by atoms with Gasteiger partial charge in [0.15, 0.2) is 11.6 Å². The summed E-state index contributed by atoms with van der Waals surface area (Å²) in [5, 5.41) is 28.3. The van der Waals surface area contributed by atoms with Gasteiger partial charge in [0, 0.05) is 33.3 Å². The minimum Gasteiger partial charge on any atom is -0.479 e. The number of carboxylic acids is 1. The van der Waals surface area contributed by atoms with E-state index in [1.54, 1.807) is 18.2 Å². The van der Waals surface area contributed by atoms with Gasteiger partial charge in [-0.2, -0.15) is 31.8 Å². The fourth-order valence-electron chi connectivity index (χ4n) is 6.77. The van der Waals surface area contributed by atoms with Gasteiger partial charge < -0.3 is 31.1 Å². The molecule has 0 unspecified atom stereocenters. The van der Waals surface area contributed by atoms with Crippen molar-refractivity contribution in [3.63, 3.8) is 0 Å². The lowest BCUT2D eigenvalue weighted by Gasteiger charge is -2.24. The van der Waals surface area contributed by atoms with Crippen molar-refractivity contribution in [3.8, 4) is 17.1 Å². The molecule has 300 valence electrons. The number of aromatic carboxylic acids is 1. The number of carbonyl (C=O) groups excluding carboxylic acids is 2. The predicted molar refractivity (Wildman–Crippen MR) is 214 cm³/mol. The van der Waals surface area contributed by atoms with Gasteiger partial charge in [-0.15, -0.1) is 0 Å². The zero-order valence-corrected chi connectivity index (χ0v) is 31.7. The molecule has 0 amide bonds. The van der Waals surface area contributed by atoms with Crippen molar-refractivity contribution in [1.82, 2.24) is 19.9 Å². The molecule has 0 atom stereocenters. The van der Waals surface area contributed by atoms with Crippen molar-refractivity contribution in [2.45, 2.75) is 9.79 Å². The molecule has 0 aliphatic heterocycles. The number of aromatic hydroxyl groups is 1. The average molecular weight is 848 g/mol. The average Bonchev–Trinajstić information content (AvgIpc) is 3.19. The molecule has 60 heavy (non-hydrogen) atoms. The van der Waals surface area contributed by atoms with Crippen LogP contribution in [-0.4, -0.2) is 73.6 Å². The molecular weight excluding hydrogens is 823 g/mol. The van der Waals surface area contributed by atoms with Gasteiger partial charge in [0.25, 0.3) is 25.8 Å². The second kappa shape index (κ2) is 14.5. The molecular formula is C39H25N7O12S2. The Kier molecular flexibility index (Phi) is 9.43. The van der Waals surface area contributed by atoms with Crippen LogP contribution in [0.15, 0.2) is 118 Å². The Labute approximate surface area is 337 Å². The summed E-state index contributed by atoms with van der Waals surface area (Å²) in [6.07, 6.45) is 0. The van der Waals surface area contributed by atoms with E-state index in [0.717, 1.165) is 18.2 Å². The van der Waals surface area contributed by atoms with E-state index in [4.69, 9.17) is 0 Å². The van der Waals surface area contributed by atoms with Crippen molar-refractivity contribution in [1.29, 1.82) is 0 Å². The summed E-state index contributed by atoms with van der Waals surface area (Å²) in [6.45, 7) is 0. The molecule has 19 nitrogen and oxygen atoms in total. The second-order valence-electron chi connectivity index (χ2n) is 13.0. The number of anilines is 6. The molecule has 1 aliphatic carbocycles. The number of H-pyrrole nitrogens is 1. The van der Waals surface area contributed by atoms with E-state index in [0.29, 0.717) is 0 Å². The Morgan fingerprint density at radius 3 is 2.07 bits per heavy atom. The summed E-state index contributed by atoms with van der Waals surface area (Å²) in [6, 6.07) is 21.8. The molecule has 0 bridgehead atoms. The molecule has 1 aliphatic rings. The first-order chi connectivity index (χ1) is 28.5. The van der Waals surface area contributed by atoms with E-state index in [2.05, 4.69) is 35.9 Å². The molecule has 5 aromatic carbocycles. The van der Waals surface area contributed by atoms with Crippen LogP contribution in [-0.2, 0) is 20.2 Å². The molecule has 8 rings (SSSR count). The Morgan fingerprint density at radius 2 is 1.35 bits per heavy atom. The van der Waals surface area contributed by atoms with Crippen molar-refractivity contribution >= 4 is 83.3 Å². The SMILES string of the molecule is O=C(O)c1ccccc1Nc1nc(O)nc(Nc2ccc(S(=O)(=O)O)c(Nc3ccc4[nH]c(=O)c(C(=O)c5cccc(S(=O)(=O)O)c5)c5c4c3C(=O)c3ccccc3-5)c2)n1. The van der Waals surface area contributed by atoms with Gasteiger partial charge in [0.1, 0.15) is 4.90 Å².